The SMILES string of the molecule is Cc1ccc(F)cc1CC(=O)CC1COCCN1. The molecule has 3 nitrogen and oxygen atoms in total. The molecule has 18 heavy (non-hydrogen) atoms. The standard InChI is InChI=1S/C14H18FNO2/c1-10-2-3-12(15)6-11(10)7-14(17)8-13-9-18-5-4-16-13/h2-3,6,13,16H,4-5,7-9H2,1H3. The van der Waals surface area contributed by atoms with E-state index in [0.29, 0.717) is 26.1 Å². The normalized spacial score (nSPS) is 19.8. The number of morpholine rings is 1. The van der Waals surface area contributed by atoms with Crippen LogP contribution in [-0.2, 0) is 16.0 Å². The molecule has 1 N–H and O–H groups in total. The average Bonchev–Trinajstić information content (AvgIpc) is 2.35. The lowest BCUT2D eigenvalue weighted by Crippen LogP contribution is -2.42. The minimum absolute atomic E-state index is 0.0973. The number of ketones is 1. The van der Waals surface area contributed by atoms with Gasteiger partial charge in [-0.15, -0.1) is 0 Å². The summed E-state index contributed by atoms with van der Waals surface area (Å²) >= 11 is 0. The van der Waals surface area contributed by atoms with Gasteiger partial charge in [0.1, 0.15) is 11.6 Å². The van der Waals surface area contributed by atoms with E-state index < -0.39 is 0 Å². The van der Waals surface area contributed by atoms with Crippen LogP contribution in [0.4, 0.5) is 4.39 Å². The Bertz CT molecular complexity index is 428. The van der Waals surface area contributed by atoms with Crippen LogP contribution in [-0.4, -0.2) is 31.6 Å². The zero-order valence-corrected chi connectivity index (χ0v) is 10.5. The molecule has 98 valence electrons. The van der Waals surface area contributed by atoms with Crippen molar-refractivity contribution in [3.05, 3.63) is 35.1 Å². The van der Waals surface area contributed by atoms with Crippen molar-refractivity contribution < 1.29 is 13.9 Å². The number of hydrogen-bond donors (Lipinski definition) is 1. The van der Waals surface area contributed by atoms with Gasteiger partial charge >= 0.3 is 0 Å². The Morgan fingerprint density at radius 2 is 2.39 bits per heavy atom. The maximum absolute atomic E-state index is 13.1. The van der Waals surface area contributed by atoms with Crippen LogP contribution in [0.1, 0.15) is 17.5 Å². The van der Waals surface area contributed by atoms with Crippen molar-refractivity contribution in [1.29, 1.82) is 0 Å². The molecule has 1 heterocycles. The minimum atomic E-state index is -0.289. The summed E-state index contributed by atoms with van der Waals surface area (Å²) in [6.07, 6.45) is 0.734. The zero-order chi connectivity index (χ0) is 13.0. The average molecular weight is 251 g/mol. The van der Waals surface area contributed by atoms with Gasteiger partial charge in [-0.05, 0) is 30.2 Å². The predicted octanol–water partition coefficient (Wildman–Crippen LogP) is 1.62. The van der Waals surface area contributed by atoms with E-state index in [1.54, 1.807) is 6.07 Å². The summed E-state index contributed by atoms with van der Waals surface area (Å²) in [6.45, 7) is 3.96. The molecule has 0 aliphatic carbocycles. The molecule has 1 unspecified atom stereocenters. The summed E-state index contributed by atoms with van der Waals surface area (Å²) in [5.41, 5.74) is 1.73. The Labute approximate surface area is 106 Å². The first-order valence-electron chi connectivity index (χ1n) is 6.23. The number of rotatable bonds is 4. The molecule has 0 spiro atoms. The summed E-state index contributed by atoms with van der Waals surface area (Å²) in [7, 11) is 0. The van der Waals surface area contributed by atoms with Gasteiger partial charge in [-0.3, -0.25) is 4.79 Å². The van der Waals surface area contributed by atoms with Crippen molar-refractivity contribution in [2.75, 3.05) is 19.8 Å². The lowest BCUT2D eigenvalue weighted by atomic mass is 9.99. The van der Waals surface area contributed by atoms with Crippen LogP contribution in [0.2, 0.25) is 0 Å². The van der Waals surface area contributed by atoms with E-state index in [1.165, 1.54) is 12.1 Å². The van der Waals surface area contributed by atoms with Crippen molar-refractivity contribution in [2.24, 2.45) is 0 Å². The Kier molecular flexibility index (Phi) is 4.44. The molecular formula is C14H18FNO2. The second-order valence-electron chi connectivity index (χ2n) is 4.72. The second kappa shape index (κ2) is 6.07. The highest BCUT2D eigenvalue weighted by Crippen LogP contribution is 2.12. The lowest BCUT2D eigenvalue weighted by Gasteiger charge is -2.23. The number of benzene rings is 1. The van der Waals surface area contributed by atoms with E-state index in [2.05, 4.69) is 5.32 Å². The maximum Gasteiger partial charge on any atom is 0.138 e. The first-order valence-corrected chi connectivity index (χ1v) is 6.23. The Balaban J connectivity index is 1.92. The fourth-order valence-corrected chi connectivity index (χ4v) is 2.14. The first-order chi connectivity index (χ1) is 8.65. The monoisotopic (exact) mass is 251 g/mol. The molecule has 4 heteroatoms. The van der Waals surface area contributed by atoms with E-state index in [1.807, 2.05) is 6.92 Å². The third-order valence-electron chi connectivity index (χ3n) is 3.17. The topological polar surface area (TPSA) is 38.3 Å². The van der Waals surface area contributed by atoms with E-state index in [0.717, 1.165) is 17.7 Å². The van der Waals surface area contributed by atoms with Gasteiger partial charge in [0, 0.05) is 25.4 Å². The predicted molar refractivity (Wildman–Crippen MR) is 67.1 cm³/mol. The number of Topliss-reactive ketones (excluding diaryl/α,β-unsaturated/α-hetero) is 1. The molecule has 1 aliphatic rings. The highest BCUT2D eigenvalue weighted by Gasteiger charge is 2.17. The third-order valence-corrected chi connectivity index (χ3v) is 3.17. The van der Waals surface area contributed by atoms with Gasteiger partial charge in [0.25, 0.3) is 0 Å². The Hall–Kier alpha value is -1.26. The summed E-state index contributed by atoms with van der Waals surface area (Å²) < 4.78 is 18.4. The largest absolute Gasteiger partial charge is 0.379 e. The van der Waals surface area contributed by atoms with E-state index in [4.69, 9.17) is 4.74 Å². The number of ether oxygens (including phenoxy) is 1. The number of aryl methyl sites for hydroxylation is 1. The third kappa shape index (κ3) is 3.62. The van der Waals surface area contributed by atoms with Crippen molar-refractivity contribution in [3.8, 4) is 0 Å². The summed E-state index contributed by atoms with van der Waals surface area (Å²) in [6, 6.07) is 4.66. The van der Waals surface area contributed by atoms with Gasteiger partial charge in [-0.2, -0.15) is 0 Å². The number of carbonyl (C=O) groups is 1. The molecule has 2 rings (SSSR count). The van der Waals surface area contributed by atoms with Crippen LogP contribution >= 0.6 is 0 Å². The van der Waals surface area contributed by atoms with Gasteiger partial charge in [-0.25, -0.2) is 4.39 Å². The van der Waals surface area contributed by atoms with Crippen molar-refractivity contribution in [1.82, 2.24) is 5.32 Å². The Morgan fingerprint density at radius 3 is 3.11 bits per heavy atom. The minimum Gasteiger partial charge on any atom is -0.379 e. The van der Waals surface area contributed by atoms with Crippen LogP contribution < -0.4 is 5.32 Å². The molecule has 0 bridgehead atoms. The number of halogens is 1. The van der Waals surface area contributed by atoms with Crippen LogP contribution in [0, 0.1) is 12.7 Å². The van der Waals surface area contributed by atoms with E-state index in [-0.39, 0.29) is 17.6 Å². The quantitative estimate of drug-likeness (QED) is 0.883. The number of nitrogens with one attached hydrogen (secondary N) is 1. The fraction of sp³-hybridized carbons (Fsp3) is 0.500. The van der Waals surface area contributed by atoms with Gasteiger partial charge < -0.3 is 10.1 Å². The molecule has 1 aromatic rings. The zero-order valence-electron chi connectivity index (χ0n) is 10.5. The van der Waals surface area contributed by atoms with Crippen LogP contribution in [0.5, 0.6) is 0 Å². The van der Waals surface area contributed by atoms with Gasteiger partial charge in [-0.1, -0.05) is 6.07 Å². The summed E-state index contributed by atoms with van der Waals surface area (Å²) in [4.78, 5) is 11.9. The lowest BCUT2D eigenvalue weighted by molar-refractivity contribution is -0.119. The highest BCUT2D eigenvalue weighted by atomic mass is 19.1. The highest BCUT2D eigenvalue weighted by molar-refractivity contribution is 5.81. The Morgan fingerprint density at radius 1 is 1.56 bits per heavy atom. The van der Waals surface area contributed by atoms with Crippen molar-refractivity contribution in [3.63, 3.8) is 0 Å². The fourth-order valence-electron chi connectivity index (χ4n) is 2.14. The first kappa shape index (κ1) is 13.2. The summed E-state index contributed by atoms with van der Waals surface area (Å²) in [5.74, 6) is -0.172. The van der Waals surface area contributed by atoms with Crippen LogP contribution in [0.3, 0.4) is 0 Å². The van der Waals surface area contributed by atoms with E-state index in [9.17, 15) is 9.18 Å². The number of carbonyl (C=O) groups excluding carboxylic acids is 1. The van der Waals surface area contributed by atoms with E-state index >= 15 is 0 Å². The molecule has 1 aromatic carbocycles. The molecule has 1 atom stereocenters. The molecule has 1 saturated heterocycles. The molecule has 1 aliphatic heterocycles. The second-order valence-corrected chi connectivity index (χ2v) is 4.72. The van der Waals surface area contributed by atoms with Crippen molar-refractivity contribution >= 4 is 5.78 Å². The van der Waals surface area contributed by atoms with Crippen LogP contribution in [0.25, 0.3) is 0 Å². The molecule has 0 radical (unpaired) electrons. The van der Waals surface area contributed by atoms with Gasteiger partial charge in [0.15, 0.2) is 0 Å². The smallest absolute Gasteiger partial charge is 0.138 e. The van der Waals surface area contributed by atoms with Gasteiger partial charge in [0.2, 0.25) is 0 Å². The van der Waals surface area contributed by atoms with Crippen LogP contribution in [0.15, 0.2) is 18.2 Å². The number of hydrogen-bond acceptors (Lipinski definition) is 3. The molecule has 0 aromatic heterocycles. The van der Waals surface area contributed by atoms with Gasteiger partial charge in [0.05, 0.1) is 13.2 Å². The molecule has 0 saturated carbocycles. The molecule has 0 amide bonds. The molecule has 1 fully saturated rings. The molecular weight excluding hydrogens is 233 g/mol. The van der Waals surface area contributed by atoms with Crippen molar-refractivity contribution in [2.45, 2.75) is 25.8 Å². The maximum atomic E-state index is 13.1. The summed E-state index contributed by atoms with van der Waals surface area (Å²) in [5, 5.41) is 3.24.